The molecule has 1 aliphatic rings. The molecule has 0 aromatic heterocycles. The van der Waals surface area contributed by atoms with Gasteiger partial charge < -0.3 is 10.2 Å². The molecule has 1 heterocycles. The first-order chi connectivity index (χ1) is 8.13. The molecule has 1 unspecified atom stereocenters. The predicted molar refractivity (Wildman–Crippen MR) is 76.4 cm³/mol. The number of nitrogens with zero attached hydrogens (tertiary/aromatic N) is 1. The van der Waals surface area contributed by atoms with Crippen molar-refractivity contribution in [2.75, 3.05) is 26.2 Å². The molecule has 2 heteroatoms. The van der Waals surface area contributed by atoms with Crippen LogP contribution in [0, 0.1) is 5.41 Å². The second kappa shape index (κ2) is 7.38. The van der Waals surface area contributed by atoms with Gasteiger partial charge in [0, 0.05) is 12.6 Å². The highest BCUT2D eigenvalue weighted by molar-refractivity contribution is 4.83. The van der Waals surface area contributed by atoms with Crippen LogP contribution in [0.2, 0.25) is 0 Å². The first-order valence-corrected chi connectivity index (χ1v) is 7.59. The van der Waals surface area contributed by atoms with E-state index < -0.39 is 0 Å². The molecule has 1 aliphatic heterocycles. The average molecular weight is 240 g/mol. The van der Waals surface area contributed by atoms with Gasteiger partial charge in [0.15, 0.2) is 0 Å². The van der Waals surface area contributed by atoms with Gasteiger partial charge in [-0.05, 0) is 44.3 Å². The van der Waals surface area contributed by atoms with E-state index in [-0.39, 0.29) is 0 Å². The quantitative estimate of drug-likeness (QED) is 0.735. The van der Waals surface area contributed by atoms with Crippen molar-refractivity contribution in [1.82, 2.24) is 10.2 Å². The van der Waals surface area contributed by atoms with Crippen LogP contribution in [-0.2, 0) is 0 Å². The first kappa shape index (κ1) is 15.0. The van der Waals surface area contributed by atoms with E-state index >= 15 is 0 Å². The van der Waals surface area contributed by atoms with Gasteiger partial charge in [-0.3, -0.25) is 0 Å². The highest BCUT2D eigenvalue weighted by atomic mass is 15.2. The van der Waals surface area contributed by atoms with E-state index in [1.807, 2.05) is 0 Å². The monoisotopic (exact) mass is 240 g/mol. The van der Waals surface area contributed by atoms with E-state index in [1.54, 1.807) is 0 Å². The van der Waals surface area contributed by atoms with Gasteiger partial charge in [-0.2, -0.15) is 0 Å². The van der Waals surface area contributed by atoms with Crippen molar-refractivity contribution in [3.05, 3.63) is 0 Å². The smallest absolute Gasteiger partial charge is 0.0194 e. The molecule has 0 bridgehead atoms. The molecule has 2 nitrogen and oxygen atoms in total. The van der Waals surface area contributed by atoms with Gasteiger partial charge >= 0.3 is 0 Å². The van der Waals surface area contributed by atoms with Gasteiger partial charge in [-0.1, -0.05) is 40.5 Å². The Morgan fingerprint density at radius 2 is 1.82 bits per heavy atom. The Morgan fingerprint density at radius 3 is 2.29 bits per heavy atom. The lowest BCUT2D eigenvalue weighted by Gasteiger charge is -2.40. The molecule has 1 N–H and O–H groups in total. The molecule has 0 radical (unpaired) electrons. The summed E-state index contributed by atoms with van der Waals surface area (Å²) in [4.78, 5) is 2.67. The van der Waals surface area contributed by atoms with Crippen LogP contribution in [0.1, 0.15) is 59.8 Å². The Bertz CT molecular complexity index is 189. The zero-order valence-electron chi connectivity index (χ0n) is 12.4. The minimum atomic E-state index is 0.620. The molecule has 0 aromatic rings. The lowest BCUT2D eigenvalue weighted by Crippen LogP contribution is -2.46. The standard InChI is InChI=1S/C15H32N2/c1-5-8-14(16-7-3)13-17-11-9-15(4,6-2)10-12-17/h14,16H,5-13H2,1-4H3. The molecular formula is C15H32N2. The fourth-order valence-electron chi connectivity index (χ4n) is 2.84. The van der Waals surface area contributed by atoms with Gasteiger partial charge in [-0.15, -0.1) is 0 Å². The minimum absolute atomic E-state index is 0.620. The van der Waals surface area contributed by atoms with Gasteiger partial charge in [0.1, 0.15) is 0 Å². The third-order valence-corrected chi connectivity index (χ3v) is 4.53. The Balaban J connectivity index is 2.32. The summed E-state index contributed by atoms with van der Waals surface area (Å²) in [6.45, 7) is 14.3. The summed E-state index contributed by atoms with van der Waals surface area (Å²) in [7, 11) is 0. The second-order valence-corrected chi connectivity index (χ2v) is 6.01. The first-order valence-electron chi connectivity index (χ1n) is 7.59. The minimum Gasteiger partial charge on any atom is -0.313 e. The summed E-state index contributed by atoms with van der Waals surface area (Å²) in [5.41, 5.74) is 0.620. The number of piperidine rings is 1. The molecule has 0 amide bonds. The molecule has 1 rings (SSSR count). The van der Waals surface area contributed by atoms with Crippen molar-refractivity contribution in [3.8, 4) is 0 Å². The second-order valence-electron chi connectivity index (χ2n) is 6.01. The number of likely N-dealkylation sites (tertiary alicyclic amines) is 1. The molecule has 17 heavy (non-hydrogen) atoms. The molecular weight excluding hydrogens is 208 g/mol. The highest BCUT2D eigenvalue weighted by Gasteiger charge is 2.28. The Morgan fingerprint density at radius 1 is 1.18 bits per heavy atom. The van der Waals surface area contributed by atoms with E-state index in [2.05, 4.69) is 37.9 Å². The number of hydrogen-bond acceptors (Lipinski definition) is 2. The third-order valence-electron chi connectivity index (χ3n) is 4.53. The van der Waals surface area contributed by atoms with Crippen LogP contribution in [-0.4, -0.2) is 37.1 Å². The largest absolute Gasteiger partial charge is 0.313 e. The van der Waals surface area contributed by atoms with Crippen molar-refractivity contribution in [2.45, 2.75) is 65.8 Å². The molecule has 1 saturated heterocycles. The van der Waals surface area contributed by atoms with E-state index in [9.17, 15) is 0 Å². The topological polar surface area (TPSA) is 15.3 Å². The maximum Gasteiger partial charge on any atom is 0.0194 e. The van der Waals surface area contributed by atoms with Gasteiger partial charge in [0.25, 0.3) is 0 Å². The van der Waals surface area contributed by atoms with Crippen LogP contribution in [0.3, 0.4) is 0 Å². The normalized spacial score (nSPS) is 22.6. The zero-order valence-corrected chi connectivity index (χ0v) is 12.4. The van der Waals surface area contributed by atoms with Gasteiger partial charge in [-0.25, -0.2) is 0 Å². The molecule has 0 spiro atoms. The van der Waals surface area contributed by atoms with Gasteiger partial charge in [0.05, 0.1) is 0 Å². The Labute approximate surface area is 108 Å². The third kappa shape index (κ3) is 4.97. The summed E-state index contributed by atoms with van der Waals surface area (Å²) in [6.07, 6.45) is 6.71. The maximum absolute atomic E-state index is 3.62. The van der Waals surface area contributed by atoms with Crippen LogP contribution >= 0.6 is 0 Å². The van der Waals surface area contributed by atoms with E-state index in [4.69, 9.17) is 0 Å². The SMILES string of the molecule is CCCC(CN1CCC(C)(CC)CC1)NCC. The average Bonchev–Trinajstić information content (AvgIpc) is 2.33. The molecule has 1 fully saturated rings. The molecule has 0 saturated carbocycles. The number of hydrogen-bond donors (Lipinski definition) is 1. The summed E-state index contributed by atoms with van der Waals surface area (Å²) >= 11 is 0. The van der Waals surface area contributed by atoms with Crippen molar-refractivity contribution in [2.24, 2.45) is 5.41 Å². The van der Waals surface area contributed by atoms with Crippen molar-refractivity contribution >= 4 is 0 Å². The summed E-state index contributed by atoms with van der Waals surface area (Å²) in [6, 6.07) is 0.705. The molecule has 0 aromatic carbocycles. The summed E-state index contributed by atoms with van der Waals surface area (Å²) in [5.74, 6) is 0. The maximum atomic E-state index is 3.62. The van der Waals surface area contributed by atoms with E-state index in [1.165, 1.54) is 51.7 Å². The fraction of sp³-hybridized carbons (Fsp3) is 1.00. The van der Waals surface area contributed by atoms with Crippen molar-refractivity contribution in [1.29, 1.82) is 0 Å². The lowest BCUT2D eigenvalue weighted by atomic mass is 9.78. The molecule has 0 aliphatic carbocycles. The lowest BCUT2D eigenvalue weighted by molar-refractivity contribution is 0.105. The van der Waals surface area contributed by atoms with Gasteiger partial charge in [0.2, 0.25) is 0 Å². The summed E-state index contributed by atoms with van der Waals surface area (Å²) in [5, 5.41) is 3.62. The van der Waals surface area contributed by atoms with Crippen LogP contribution in [0.4, 0.5) is 0 Å². The van der Waals surface area contributed by atoms with E-state index in [0.29, 0.717) is 11.5 Å². The number of nitrogens with one attached hydrogen (secondary N) is 1. The van der Waals surface area contributed by atoms with Crippen LogP contribution in [0.5, 0.6) is 0 Å². The van der Waals surface area contributed by atoms with Crippen LogP contribution in [0.15, 0.2) is 0 Å². The Hall–Kier alpha value is -0.0800. The summed E-state index contributed by atoms with van der Waals surface area (Å²) < 4.78 is 0. The molecule has 102 valence electrons. The molecule has 1 atom stereocenters. The zero-order chi connectivity index (χ0) is 12.7. The highest BCUT2D eigenvalue weighted by Crippen LogP contribution is 2.33. The van der Waals surface area contributed by atoms with E-state index in [0.717, 1.165) is 6.54 Å². The fourth-order valence-corrected chi connectivity index (χ4v) is 2.84. The van der Waals surface area contributed by atoms with Crippen LogP contribution < -0.4 is 5.32 Å². The van der Waals surface area contributed by atoms with Crippen LogP contribution in [0.25, 0.3) is 0 Å². The number of rotatable bonds is 7. The van der Waals surface area contributed by atoms with Crippen molar-refractivity contribution in [3.63, 3.8) is 0 Å². The van der Waals surface area contributed by atoms with Crippen molar-refractivity contribution < 1.29 is 0 Å². The Kier molecular flexibility index (Phi) is 6.50. The predicted octanol–water partition coefficient (Wildman–Crippen LogP) is 3.28. The number of likely N-dealkylation sites (N-methyl/N-ethyl adjacent to an activating group) is 1.